The number of aromatic nitrogens is 3. The number of nitrogens with one attached hydrogen (secondary N) is 1. The van der Waals surface area contributed by atoms with Crippen LogP contribution in [-0.2, 0) is 30.7 Å². The van der Waals surface area contributed by atoms with Crippen LogP contribution in [0.2, 0.25) is 0 Å². The molecule has 1 aromatic carbocycles. The number of nitrogens with two attached hydrogens (primary N) is 1. The van der Waals surface area contributed by atoms with Gasteiger partial charge in [-0.2, -0.15) is 0 Å². The Labute approximate surface area is 250 Å². The SMILES string of the molecule is C#C.CN1CCN(C(=O)Cn2c3ccccc3c3ccnc(CNCCCCN)c32)CC1.c1cnc2c(c1)CCCC2. The number of benzene rings is 1. The summed E-state index contributed by atoms with van der Waals surface area (Å²) in [6.07, 6.45) is 18.9. The maximum Gasteiger partial charge on any atom is 0.242 e. The van der Waals surface area contributed by atoms with Gasteiger partial charge in [-0.05, 0) is 82.4 Å². The Kier molecular flexibility index (Phi) is 11.9. The van der Waals surface area contributed by atoms with Crippen LogP contribution in [0.15, 0.2) is 54.9 Å². The van der Waals surface area contributed by atoms with Gasteiger partial charge in [0.15, 0.2) is 0 Å². The second-order valence-electron chi connectivity index (χ2n) is 10.9. The molecule has 3 aromatic heterocycles. The number of para-hydroxylation sites is 1. The van der Waals surface area contributed by atoms with Gasteiger partial charge in [0.05, 0.1) is 11.2 Å². The van der Waals surface area contributed by atoms with Crippen molar-refractivity contribution in [3.05, 3.63) is 71.8 Å². The van der Waals surface area contributed by atoms with E-state index in [0.717, 1.165) is 74.2 Å². The first kappa shape index (κ1) is 31.2. The van der Waals surface area contributed by atoms with Gasteiger partial charge in [0.2, 0.25) is 5.91 Å². The summed E-state index contributed by atoms with van der Waals surface area (Å²) in [5, 5.41) is 5.82. The number of pyridine rings is 2. The zero-order chi connectivity index (χ0) is 29.7. The standard InChI is InChI=1S/C23H32N6O.C9H11N.C2H2/c1-27-12-14-28(15-13-27)22(30)17-29-21-7-3-2-6-18(21)19-8-11-26-20(23(19)29)16-25-10-5-4-9-24;1-2-6-9-8(4-1)5-3-7-10-9;1-2/h2-3,6-8,11,25H,4-5,9-10,12-17,24H2,1H3;3,5,7H,1-2,4,6H2;1-2H. The van der Waals surface area contributed by atoms with Crippen molar-refractivity contribution in [1.29, 1.82) is 0 Å². The van der Waals surface area contributed by atoms with Crippen molar-refractivity contribution in [2.45, 2.75) is 51.6 Å². The first-order chi connectivity index (χ1) is 20.7. The average molecular weight is 568 g/mol. The Balaban J connectivity index is 0.000000281. The number of aryl methyl sites for hydroxylation is 2. The summed E-state index contributed by atoms with van der Waals surface area (Å²) in [6.45, 7) is 6.10. The number of rotatable bonds is 8. The number of carbonyl (C=O) groups excluding carboxylic acids is 1. The van der Waals surface area contributed by atoms with Crippen molar-refractivity contribution in [2.75, 3.05) is 46.3 Å². The van der Waals surface area contributed by atoms with Crippen LogP contribution < -0.4 is 11.1 Å². The molecule has 1 aliphatic carbocycles. The van der Waals surface area contributed by atoms with E-state index in [1.165, 1.54) is 42.3 Å². The highest BCUT2D eigenvalue weighted by Gasteiger charge is 2.22. The van der Waals surface area contributed by atoms with Gasteiger partial charge < -0.3 is 25.4 Å². The number of unbranched alkanes of at least 4 members (excludes halogenated alkanes) is 1. The van der Waals surface area contributed by atoms with E-state index in [2.05, 4.69) is 75.0 Å². The highest BCUT2D eigenvalue weighted by molar-refractivity contribution is 6.09. The van der Waals surface area contributed by atoms with Gasteiger partial charge in [0.1, 0.15) is 6.54 Å². The Hall–Kier alpha value is -3.77. The van der Waals surface area contributed by atoms with Crippen LogP contribution in [0, 0.1) is 12.8 Å². The molecule has 4 heterocycles. The molecule has 8 heteroatoms. The fourth-order valence-corrected chi connectivity index (χ4v) is 5.79. The van der Waals surface area contributed by atoms with Crippen molar-refractivity contribution in [3.8, 4) is 12.8 Å². The van der Waals surface area contributed by atoms with E-state index in [-0.39, 0.29) is 5.91 Å². The molecule has 1 aliphatic heterocycles. The predicted octanol–water partition coefficient (Wildman–Crippen LogP) is 4.00. The smallest absolute Gasteiger partial charge is 0.242 e. The number of hydrogen-bond acceptors (Lipinski definition) is 6. The minimum absolute atomic E-state index is 0.177. The van der Waals surface area contributed by atoms with Gasteiger partial charge in [-0.1, -0.05) is 24.3 Å². The van der Waals surface area contributed by atoms with E-state index >= 15 is 0 Å². The first-order valence-electron chi connectivity index (χ1n) is 15.1. The molecule has 4 aromatic rings. The number of fused-ring (bicyclic) bond motifs is 4. The summed E-state index contributed by atoms with van der Waals surface area (Å²) in [4.78, 5) is 26.4. The van der Waals surface area contributed by atoms with Crippen LogP contribution in [0.4, 0.5) is 0 Å². The molecule has 222 valence electrons. The van der Waals surface area contributed by atoms with Crippen molar-refractivity contribution in [2.24, 2.45) is 5.73 Å². The number of terminal acetylenes is 1. The Morgan fingerprint density at radius 2 is 1.71 bits per heavy atom. The highest BCUT2D eigenvalue weighted by Crippen LogP contribution is 2.30. The molecule has 0 spiro atoms. The highest BCUT2D eigenvalue weighted by atomic mass is 16.2. The van der Waals surface area contributed by atoms with Crippen LogP contribution in [0.25, 0.3) is 21.8 Å². The third-order valence-corrected chi connectivity index (χ3v) is 8.10. The Morgan fingerprint density at radius 3 is 2.50 bits per heavy atom. The van der Waals surface area contributed by atoms with Crippen LogP contribution in [-0.4, -0.2) is 76.6 Å². The summed E-state index contributed by atoms with van der Waals surface area (Å²) in [5.74, 6) is 0.177. The number of amides is 1. The third kappa shape index (κ3) is 7.74. The summed E-state index contributed by atoms with van der Waals surface area (Å²) in [5.41, 5.74) is 11.5. The monoisotopic (exact) mass is 567 g/mol. The Bertz CT molecular complexity index is 1430. The van der Waals surface area contributed by atoms with Crippen molar-refractivity contribution in [3.63, 3.8) is 0 Å². The second kappa shape index (κ2) is 16.0. The molecule has 0 atom stereocenters. The number of nitrogens with zero attached hydrogens (tertiary/aromatic N) is 5. The van der Waals surface area contributed by atoms with E-state index in [4.69, 9.17) is 5.73 Å². The fraction of sp³-hybridized carbons (Fsp3) is 0.441. The minimum Gasteiger partial charge on any atom is -0.339 e. The zero-order valence-corrected chi connectivity index (χ0v) is 25.0. The second-order valence-corrected chi connectivity index (χ2v) is 10.9. The van der Waals surface area contributed by atoms with Crippen molar-refractivity contribution < 1.29 is 4.79 Å². The van der Waals surface area contributed by atoms with Gasteiger partial charge in [0, 0.05) is 67.1 Å². The van der Waals surface area contributed by atoms with Gasteiger partial charge in [-0.25, -0.2) is 0 Å². The summed E-state index contributed by atoms with van der Waals surface area (Å²) in [7, 11) is 2.10. The number of piperazine rings is 1. The summed E-state index contributed by atoms with van der Waals surface area (Å²) < 4.78 is 2.16. The number of likely N-dealkylation sites (N-methyl/N-ethyl adjacent to an activating group) is 1. The lowest BCUT2D eigenvalue weighted by Crippen LogP contribution is -2.48. The molecule has 0 saturated carbocycles. The molecular weight excluding hydrogens is 522 g/mol. The van der Waals surface area contributed by atoms with Gasteiger partial charge in [0.25, 0.3) is 0 Å². The van der Waals surface area contributed by atoms with Crippen LogP contribution >= 0.6 is 0 Å². The minimum atomic E-state index is 0.177. The lowest BCUT2D eigenvalue weighted by atomic mass is 9.96. The molecule has 0 radical (unpaired) electrons. The van der Waals surface area contributed by atoms with Crippen molar-refractivity contribution in [1.82, 2.24) is 29.7 Å². The van der Waals surface area contributed by atoms with Crippen molar-refractivity contribution >= 4 is 27.7 Å². The van der Waals surface area contributed by atoms with Crippen LogP contribution in [0.3, 0.4) is 0 Å². The van der Waals surface area contributed by atoms with E-state index in [1.54, 1.807) is 0 Å². The molecule has 2 aliphatic rings. The third-order valence-electron chi connectivity index (χ3n) is 8.10. The lowest BCUT2D eigenvalue weighted by molar-refractivity contribution is -0.133. The normalized spacial score (nSPS) is 14.9. The lowest BCUT2D eigenvalue weighted by Gasteiger charge is -2.32. The molecule has 0 bridgehead atoms. The van der Waals surface area contributed by atoms with Gasteiger partial charge in [-0.3, -0.25) is 14.8 Å². The first-order valence-corrected chi connectivity index (χ1v) is 15.1. The summed E-state index contributed by atoms with van der Waals surface area (Å²) in [6, 6.07) is 14.6. The van der Waals surface area contributed by atoms with E-state index in [1.807, 2.05) is 29.4 Å². The van der Waals surface area contributed by atoms with E-state index in [9.17, 15) is 4.79 Å². The quantitative estimate of drug-likeness (QED) is 0.247. The van der Waals surface area contributed by atoms with Gasteiger partial charge in [-0.15, -0.1) is 12.8 Å². The maximum absolute atomic E-state index is 13.1. The molecule has 42 heavy (non-hydrogen) atoms. The molecular formula is C34H45N7O. The van der Waals surface area contributed by atoms with Gasteiger partial charge >= 0.3 is 0 Å². The largest absolute Gasteiger partial charge is 0.339 e. The molecule has 1 saturated heterocycles. The van der Waals surface area contributed by atoms with Crippen LogP contribution in [0.1, 0.15) is 42.6 Å². The Morgan fingerprint density at radius 1 is 0.929 bits per heavy atom. The number of hydrogen-bond donors (Lipinski definition) is 2. The topological polar surface area (TPSA) is 92.3 Å². The summed E-state index contributed by atoms with van der Waals surface area (Å²) >= 11 is 0. The fourth-order valence-electron chi connectivity index (χ4n) is 5.79. The predicted molar refractivity (Wildman–Crippen MR) is 172 cm³/mol. The molecule has 6 rings (SSSR count). The molecule has 1 amide bonds. The zero-order valence-electron chi connectivity index (χ0n) is 25.0. The maximum atomic E-state index is 13.1. The van der Waals surface area contributed by atoms with E-state index in [0.29, 0.717) is 13.1 Å². The van der Waals surface area contributed by atoms with Crippen LogP contribution in [0.5, 0.6) is 0 Å². The van der Waals surface area contributed by atoms with E-state index < -0.39 is 0 Å². The molecule has 1 fully saturated rings. The number of carbonyl (C=O) groups is 1. The molecule has 8 nitrogen and oxygen atoms in total. The molecule has 3 N–H and O–H groups in total. The molecule has 0 unspecified atom stereocenters. The average Bonchev–Trinajstić information content (AvgIpc) is 3.36.